The van der Waals surface area contributed by atoms with E-state index >= 15 is 0 Å². The lowest BCUT2D eigenvalue weighted by molar-refractivity contribution is 0.0728. The number of ether oxygens (including phenoxy) is 1. The molecule has 0 saturated carbocycles. The van der Waals surface area contributed by atoms with E-state index in [4.69, 9.17) is 9.15 Å². The average molecular weight is 568 g/mol. The molecule has 1 saturated heterocycles. The van der Waals surface area contributed by atoms with Crippen molar-refractivity contribution >= 4 is 33.2 Å². The number of carbonyl (C=O) groups is 1. The van der Waals surface area contributed by atoms with Gasteiger partial charge >= 0.3 is 0 Å². The minimum atomic E-state index is -0.168. The Balaban J connectivity index is 1.40. The highest BCUT2D eigenvalue weighted by molar-refractivity contribution is 9.11. The summed E-state index contributed by atoms with van der Waals surface area (Å²) in [6.45, 7) is 4.66. The van der Waals surface area contributed by atoms with Crippen molar-refractivity contribution in [3.05, 3.63) is 74.1 Å². The Labute approximate surface area is 221 Å². The van der Waals surface area contributed by atoms with E-state index in [2.05, 4.69) is 55.2 Å². The molecule has 36 heavy (non-hydrogen) atoms. The van der Waals surface area contributed by atoms with E-state index < -0.39 is 0 Å². The van der Waals surface area contributed by atoms with Crippen LogP contribution in [0.1, 0.15) is 64.4 Å². The van der Waals surface area contributed by atoms with Crippen LogP contribution in [0.5, 0.6) is 5.88 Å². The van der Waals surface area contributed by atoms with Gasteiger partial charge in [0.15, 0.2) is 0 Å². The van der Waals surface area contributed by atoms with Crippen LogP contribution < -0.4 is 4.74 Å². The van der Waals surface area contributed by atoms with Gasteiger partial charge in [-0.2, -0.15) is 0 Å². The van der Waals surface area contributed by atoms with Crippen LogP contribution in [-0.4, -0.2) is 44.6 Å². The van der Waals surface area contributed by atoms with Gasteiger partial charge in [0.25, 0.3) is 5.91 Å². The molecule has 1 aromatic carbocycles. The maximum atomic E-state index is 13.6. The largest absolute Gasteiger partial charge is 0.481 e. The fraction of sp³-hybridized carbons (Fsp3) is 0.346. The molecule has 0 radical (unpaired) electrons. The van der Waals surface area contributed by atoms with Crippen LogP contribution >= 0.6 is 27.3 Å². The third kappa shape index (κ3) is 5.05. The SMILES string of the molecule is COc1cc(-c2nnc(C(C)Cc3ccccc3)o2)cc(C(=O)N2CCC[C@@H]2c2nc(C)c(Br)s2)n1. The van der Waals surface area contributed by atoms with E-state index in [-0.39, 0.29) is 23.6 Å². The topological polar surface area (TPSA) is 94.2 Å². The lowest BCUT2D eigenvalue weighted by Crippen LogP contribution is -2.31. The number of amides is 1. The molecule has 1 aliphatic heterocycles. The molecule has 0 aliphatic carbocycles. The zero-order valence-electron chi connectivity index (χ0n) is 20.3. The van der Waals surface area contributed by atoms with E-state index in [1.807, 2.05) is 30.0 Å². The average Bonchev–Trinajstić information content (AvgIpc) is 3.64. The smallest absolute Gasteiger partial charge is 0.273 e. The Hall–Kier alpha value is -3.11. The zero-order valence-corrected chi connectivity index (χ0v) is 22.7. The van der Waals surface area contributed by atoms with Crippen LogP contribution in [0.3, 0.4) is 0 Å². The lowest BCUT2D eigenvalue weighted by atomic mass is 10.0. The molecule has 1 aliphatic rings. The summed E-state index contributed by atoms with van der Waals surface area (Å²) < 4.78 is 12.4. The van der Waals surface area contributed by atoms with Crippen LogP contribution in [0.4, 0.5) is 0 Å². The first-order chi connectivity index (χ1) is 17.4. The molecule has 3 aromatic heterocycles. The molecular formula is C26H26BrN5O3S. The molecule has 2 atom stereocenters. The Bertz CT molecular complexity index is 1350. The van der Waals surface area contributed by atoms with Crippen LogP contribution in [0.25, 0.3) is 11.5 Å². The molecule has 10 heteroatoms. The summed E-state index contributed by atoms with van der Waals surface area (Å²) in [4.78, 5) is 24.5. The number of aromatic nitrogens is 4. The zero-order chi connectivity index (χ0) is 25.2. The minimum absolute atomic E-state index is 0.0462. The molecule has 4 aromatic rings. The van der Waals surface area contributed by atoms with Gasteiger partial charge in [0.2, 0.25) is 17.7 Å². The maximum absolute atomic E-state index is 13.6. The number of thiazole rings is 1. The predicted octanol–water partition coefficient (Wildman–Crippen LogP) is 5.99. The summed E-state index contributed by atoms with van der Waals surface area (Å²) in [7, 11) is 1.52. The maximum Gasteiger partial charge on any atom is 0.273 e. The van der Waals surface area contributed by atoms with E-state index in [9.17, 15) is 4.79 Å². The molecular weight excluding hydrogens is 542 g/mol. The molecule has 8 nitrogen and oxygen atoms in total. The molecule has 186 valence electrons. The van der Waals surface area contributed by atoms with Gasteiger partial charge in [-0.1, -0.05) is 37.3 Å². The van der Waals surface area contributed by atoms with Crippen molar-refractivity contribution in [2.45, 2.75) is 45.1 Å². The third-order valence-electron chi connectivity index (χ3n) is 6.28. The van der Waals surface area contributed by atoms with Crippen molar-refractivity contribution < 1.29 is 13.9 Å². The molecule has 1 amide bonds. The monoisotopic (exact) mass is 567 g/mol. The van der Waals surface area contributed by atoms with Crippen molar-refractivity contribution in [2.24, 2.45) is 0 Å². The summed E-state index contributed by atoms with van der Waals surface area (Å²) >= 11 is 5.12. The summed E-state index contributed by atoms with van der Waals surface area (Å²) in [6.07, 6.45) is 2.57. The van der Waals surface area contributed by atoms with Gasteiger partial charge in [-0.25, -0.2) is 9.97 Å². The fourth-order valence-corrected chi connectivity index (χ4v) is 5.93. The second-order valence-electron chi connectivity index (χ2n) is 8.89. The Kier molecular flexibility index (Phi) is 7.15. The highest BCUT2D eigenvalue weighted by Gasteiger charge is 2.34. The molecule has 1 fully saturated rings. The normalized spacial score (nSPS) is 16.3. The van der Waals surface area contributed by atoms with Gasteiger partial charge in [0.05, 0.1) is 22.6 Å². The van der Waals surface area contributed by atoms with Crippen molar-refractivity contribution in [3.63, 3.8) is 0 Å². The van der Waals surface area contributed by atoms with Gasteiger partial charge in [-0.15, -0.1) is 21.5 Å². The van der Waals surface area contributed by atoms with E-state index in [1.54, 1.807) is 23.5 Å². The number of hydrogen-bond donors (Lipinski definition) is 0. The number of carbonyl (C=O) groups excluding carboxylic acids is 1. The first-order valence-corrected chi connectivity index (χ1v) is 13.4. The van der Waals surface area contributed by atoms with E-state index in [1.165, 1.54) is 12.7 Å². The molecule has 0 N–H and O–H groups in total. The van der Waals surface area contributed by atoms with Crippen molar-refractivity contribution in [3.8, 4) is 17.3 Å². The molecule has 0 bridgehead atoms. The Morgan fingerprint density at radius 1 is 1.25 bits per heavy atom. The van der Waals surface area contributed by atoms with Crippen LogP contribution in [-0.2, 0) is 6.42 Å². The first kappa shape index (κ1) is 24.6. The van der Waals surface area contributed by atoms with Crippen molar-refractivity contribution in [2.75, 3.05) is 13.7 Å². The van der Waals surface area contributed by atoms with Gasteiger partial charge in [-0.3, -0.25) is 4.79 Å². The Morgan fingerprint density at radius 3 is 2.78 bits per heavy atom. The van der Waals surface area contributed by atoms with Crippen molar-refractivity contribution in [1.82, 2.24) is 25.1 Å². The number of halogens is 1. The van der Waals surface area contributed by atoms with Gasteiger partial charge in [-0.05, 0) is 53.7 Å². The quantitative estimate of drug-likeness (QED) is 0.270. The van der Waals surface area contributed by atoms with Crippen LogP contribution in [0, 0.1) is 6.92 Å². The van der Waals surface area contributed by atoms with E-state index in [0.717, 1.165) is 33.8 Å². The standard InChI is InChI=1S/C26H26BrN5O3S/c1-15(12-17-8-5-4-6-9-17)23-30-31-24(35-23)18-13-19(29-21(14-18)34-3)26(33)32-11-7-10-20(32)25-28-16(2)22(27)36-25/h4-6,8-9,13-15,20H,7,10-12H2,1-3H3/t15?,20-/m1/s1. The summed E-state index contributed by atoms with van der Waals surface area (Å²) in [5.74, 6) is 1.07. The number of rotatable bonds is 7. The van der Waals surface area contributed by atoms with Gasteiger partial charge in [0, 0.05) is 24.1 Å². The summed E-state index contributed by atoms with van der Waals surface area (Å²) in [5.41, 5.74) is 3.01. The number of aryl methyl sites for hydroxylation is 1. The molecule has 0 spiro atoms. The lowest BCUT2D eigenvalue weighted by Gasteiger charge is -2.23. The molecule has 1 unspecified atom stereocenters. The Morgan fingerprint density at radius 2 is 2.06 bits per heavy atom. The fourth-order valence-electron chi connectivity index (χ4n) is 4.40. The van der Waals surface area contributed by atoms with Gasteiger partial charge in [0.1, 0.15) is 10.7 Å². The number of methoxy groups -OCH3 is 1. The highest BCUT2D eigenvalue weighted by atomic mass is 79.9. The van der Waals surface area contributed by atoms with Gasteiger partial charge < -0.3 is 14.1 Å². The number of pyridine rings is 1. The number of nitrogens with zero attached hydrogens (tertiary/aromatic N) is 5. The molecule has 4 heterocycles. The number of likely N-dealkylation sites (tertiary alicyclic amines) is 1. The summed E-state index contributed by atoms with van der Waals surface area (Å²) in [5, 5.41) is 9.47. The van der Waals surface area contributed by atoms with E-state index in [0.29, 0.717) is 29.8 Å². The number of hydrogen-bond acceptors (Lipinski definition) is 8. The first-order valence-electron chi connectivity index (χ1n) is 11.8. The van der Waals surface area contributed by atoms with Crippen LogP contribution in [0.15, 0.2) is 50.7 Å². The van der Waals surface area contributed by atoms with Crippen LogP contribution in [0.2, 0.25) is 0 Å². The van der Waals surface area contributed by atoms with Crippen molar-refractivity contribution in [1.29, 1.82) is 0 Å². The highest BCUT2D eigenvalue weighted by Crippen LogP contribution is 2.38. The second-order valence-corrected chi connectivity index (χ2v) is 11.2. The third-order valence-corrected chi connectivity index (χ3v) is 8.39. The predicted molar refractivity (Wildman–Crippen MR) is 140 cm³/mol. The second kappa shape index (κ2) is 10.5. The minimum Gasteiger partial charge on any atom is -0.481 e. The summed E-state index contributed by atoms with van der Waals surface area (Å²) in [6, 6.07) is 13.5. The molecule has 5 rings (SSSR count). The number of benzene rings is 1.